The fourth-order valence-electron chi connectivity index (χ4n) is 3.95. The summed E-state index contributed by atoms with van der Waals surface area (Å²) in [6, 6.07) is 8.88. The summed E-state index contributed by atoms with van der Waals surface area (Å²) in [5, 5.41) is 9.35. The average molecular weight is 316 g/mol. The molecule has 1 fully saturated rings. The largest absolute Gasteiger partial charge is 0.395 e. The number of aliphatic hydroxyl groups is 1. The van der Waals surface area contributed by atoms with Gasteiger partial charge >= 0.3 is 0 Å². The zero-order valence-corrected chi connectivity index (χ0v) is 13.9. The summed E-state index contributed by atoms with van der Waals surface area (Å²) in [5.41, 5.74) is 2.65. The third-order valence-electron chi connectivity index (χ3n) is 5.30. The van der Waals surface area contributed by atoms with Gasteiger partial charge in [0.15, 0.2) is 0 Å². The van der Waals surface area contributed by atoms with E-state index in [0.717, 1.165) is 32.4 Å². The Balaban J connectivity index is 1.60. The summed E-state index contributed by atoms with van der Waals surface area (Å²) in [7, 11) is 0. The van der Waals surface area contributed by atoms with Crippen molar-refractivity contribution >= 4 is 5.91 Å². The van der Waals surface area contributed by atoms with Crippen LogP contribution in [0.2, 0.25) is 0 Å². The van der Waals surface area contributed by atoms with E-state index in [9.17, 15) is 9.90 Å². The van der Waals surface area contributed by atoms with E-state index in [2.05, 4.69) is 23.1 Å². The predicted octanol–water partition coefficient (Wildman–Crippen LogP) is 2.20. The molecule has 23 heavy (non-hydrogen) atoms. The lowest BCUT2D eigenvalue weighted by atomic mass is 9.94. The van der Waals surface area contributed by atoms with Gasteiger partial charge in [-0.05, 0) is 30.4 Å². The molecule has 1 aromatic carbocycles. The molecule has 1 saturated carbocycles. The highest BCUT2D eigenvalue weighted by molar-refractivity contribution is 5.78. The molecule has 1 aromatic rings. The number of carbonyl (C=O) groups is 1. The van der Waals surface area contributed by atoms with Crippen molar-refractivity contribution in [1.29, 1.82) is 0 Å². The Hall–Kier alpha value is -1.39. The molecule has 0 atom stereocenters. The highest BCUT2D eigenvalue weighted by Crippen LogP contribution is 2.23. The molecule has 1 amide bonds. The SMILES string of the molecule is O=C(CN(CCO)C1CCCCC1)N1CCc2ccccc2C1. The standard InChI is InChI=1S/C19H28N2O2/c22-13-12-20(18-8-2-1-3-9-18)15-19(23)21-11-10-16-6-4-5-7-17(16)14-21/h4-7,18,22H,1-3,8-15H2. The number of fused-ring (bicyclic) bond motifs is 1. The van der Waals surface area contributed by atoms with Crippen molar-refractivity contribution in [2.24, 2.45) is 0 Å². The predicted molar refractivity (Wildman–Crippen MR) is 91.1 cm³/mol. The lowest BCUT2D eigenvalue weighted by molar-refractivity contribution is -0.134. The minimum absolute atomic E-state index is 0.132. The van der Waals surface area contributed by atoms with E-state index >= 15 is 0 Å². The number of benzene rings is 1. The first-order valence-electron chi connectivity index (χ1n) is 8.97. The monoisotopic (exact) mass is 316 g/mol. The van der Waals surface area contributed by atoms with E-state index in [1.807, 2.05) is 11.0 Å². The number of carbonyl (C=O) groups excluding carboxylic acids is 1. The van der Waals surface area contributed by atoms with Gasteiger partial charge in [-0.3, -0.25) is 9.69 Å². The number of amides is 1. The molecule has 1 aliphatic heterocycles. The van der Waals surface area contributed by atoms with Crippen LogP contribution >= 0.6 is 0 Å². The smallest absolute Gasteiger partial charge is 0.237 e. The first-order valence-corrected chi connectivity index (χ1v) is 8.97. The van der Waals surface area contributed by atoms with Crippen LogP contribution in [0.5, 0.6) is 0 Å². The minimum atomic E-state index is 0.132. The van der Waals surface area contributed by atoms with Crippen LogP contribution in [-0.2, 0) is 17.8 Å². The Morgan fingerprint density at radius 1 is 1.17 bits per heavy atom. The third-order valence-corrected chi connectivity index (χ3v) is 5.30. The van der Waals surface area contributed by atoms with E-state index in [1.165, 1.54) is 30.4 Å². The lowest BCUT2D eigenvalue weighted by Crippen LogP contribution is -2.47. The van der Waals surface area contributed by atoms with Crippen molar-refractivity contribution in [2.45, 2.75) is 51.1 Å². The van der Waals surface area contributed by atoms with E-state index in [4.69, 9.17) is 0 Å². The molecule has 1 aliphatic carbocycles. The summed E-state index contributed by atoms with van der Waals surface area (Å²) in [6.45, 7) is 2.74. The summed E-state index contributed by atoms with van der Waals surface area (Å²) in [5.74, 6) is 0.207. The van der Waals surface area contributed by atoms with Crippen molar-refractivity contribution in [3.05, 3.63) is 35.4 Å². The van der Waals surface area contributed by atoms with Gasteiger partial charge in [-0.15, -0.1) is 0 Å². The molecular weight excluding hydrogens is 288 g/mol. The van der Waals surface area contributed by atoms with Gasteiger partial charge in [-0.2, -0.15) is 0 Å². The second kappa shape index (κ2) is 7.93. The molecule has 126 valence electrons. The Kier molecular flexibility index (Phi) is 5.68. The van der Waals surface area contributed by atoms with Crippen LogP contribution in [0.4, 0.5) is 0 Å². The van der Waals surface area contributed by atoms with Crippen molar-refractivity contribution in [1.82, 2.24) is 9.80 Å². The molecule has 0 aromatic heterocycles. The number of hydrogen-bond acceptors (Lipinski definition) is 3. The summed E-state index contributed by atoms with van der Waals surface area (Å²) < 4.78 is 0. The average Bonchev–Trinajstić information content (AvgIpc) is 2.61. The van der Waals surface area contributed by atoms with Crippen LogP contribution in [0.1, 0.15) is 43.2 Å². The fourth-order valence-corrected chi connectivity index (χ4v) is 3.95. The van der Waals surface area contributed by atoms with Crippen LogP contribution in [-0.4, -0.2) is 53.1 Å². The minimum Gasteiger partial charge on any atom is -0.395 e. The molecule has 2 aliphatic rings. The molecule has 0 bridgehead atoms. The maximum atomic E-state index is 12.7. The van der Waals surface area contributed by atoms with E-state index < -0.39 is 0 Å². The van der Waals surface area contributed by atoms with E-state index in [1.54, 1.807) is 0 Å². The first-order chi connectivity index (χ1) is 11.3. The highest BCUT2D eigenvalue weighted by atomic mass is 16.3. The number of aliphatic hydroxyl groups excluding tert-OH is 1. The molecule has 0 saturated heterocycles. The molecule has 1 N–H and O–H groups in total. The van der Waals surface area contributed by atoms with Crippen LogP contribution in [0.3, 0.4) is 0 Å². The van der Waals surface area contributed by atoms with Gasteiger partial charge in [0.2, 0.25) is 5.91 Å². The van der Waals surface area contributed by atoms with Crippen molar-refractivity contribution in [3.63, 3.8) is 0 Å². The molecule has 4 nitrogen and oxygen atoms in total. The maximum Gasteiger partial charge on any atom is 0.237 e. The zero-order chi connectivity index (χ0) is 16.1. The number of rotatable bonds is 5. The summed E-state index contributed by atoms with van der Waals surface area (Å²) >= 11 is 0. The Morgan fingerprint density at radius 3 is 2.65 bits per heavy atom. The van der Waals surface area contributed by atoms with Gasteiger partial charge in [0.25, 0.3) is 0 Å². The van der Waals surface area contributed by atoms with Crippen molar-refractivity contribution in [3.8, 4) is 0 Å². The second-order valence-electron chi connectivity index (χ2n) is 6.82. The molecule has 3 rings (SSSR count). The molecule has 1 heterocycles. The van der Waals surface area contributed by atoms with Crippen LogP contribution in [0, 0.1) is 0 Å². The Morgan fingerprint density at radius 2 is 1.91 bits per heavy atom. The number of nitrogens with zero attached hydrogens (tertiary/aromatic N) is 2. The lowest BCUT2D eigenvalue weighted by Gasteiger charge is -2.36. The Bertz CT molecular complexity index is 526. The third kappa shape index (κ3) is 4.12. The first kappa shape index (κ1) is 16.5. The van der Waals surface area contributed by atoms with Gasteiger partial charge in [0, 0.05) is 25.7 Å². The van der Waals surface area contributed by atoms with E-state index in [-0.39, 0.29) is 12.5 Å². The zero-order valence-electron chi connectivity index (χ0n) is 13.9. The van der Waals surface area contributed by atoms with Gasteiger partial charge < -0.3 is 10.0 Å². The van der Waals surface area contributed by atoms with Crippen LogP contribution in [0.15, 0.2) is 24.3 Å². The highest BCUT2D eigenvalue weighted by Gasteiger charge is 2.26. The van der Waals surface area contributed by atoms with Gasteiger partial charge in [-0.1, -0.05) is 43.5 Å². The molecule has 0 radical (unpaired) electrons. The van der Waals surface area contributed by atoms with Crippen LogP contribution in [0.25, 0.3) is 0 Å². The molecule has 4 heteroatoms. The number of hydrogen-bond donors (Lipinski definition) is 1. The van der Waals surface area contributed by atoms with Crippen molar-refractivity contribution < 1.29 is 9.90 Å². The fraction of sp³-hybridized carbons (Fsp3) is 0.632. The second-order valence-corrected chi connectivity index (χ2v) is 6.82. The quantitative estimate of drug-likeness (QED) is 0.906. The van der Waals surface area contributed by atoms with E-state index in [0.29, 0.717) is 19.1 Å². The normalized spacial score (nSPS) is 19.0. The van der Waals surface area contributed by atoms with Crippen LogP contribution < -0.4 is 0 Å². The van der Waals surface area contributed by atoms with Crippen molar-refractivity contribution in [2.75, 3.05) is 26.2 Å². The van der Waals surface area contributed by atoms with Gasteiger partial charge in [0.1, 0.15) is 0 Å². The van der Waals surface area contributed by atoms with Gasteiger partial charge in [0.05, 0.1) is 13.2 Å². The van der Waals surface area contributed by atoms with Gasteiger partial charge in [-0.25, -0.2) is 0 Å². The maximum absolute atomic E-state index is 12.7. The molecule has 0 spiro atoms. The topological polar surface area (TPSA) is 43.8 Å². The molecular formula is C19H28N2O2. The summed E-state index contributed by atoms with van der Waals surface area (Å²) in [6.07, 6.45) is 7.08. The Labute approximate surface area is 139 Å². The summed E-state index contributed by atoms with van der Waals surface area (Å²) in [4.78, 5) is 16.9. The molecule has 0 unspecified atom stereocenters.